The zero-order chi connectivity index (χ0) is 18.8. The summed E-state index contributed by atoms with van der Waals surface area (Å²) >= 11 is 1.72. The monoisotopic (exact) mass is 365 g/mol. The maximum absolute atomic E-state index is 12.6. The van der Waals surface area contributed by atoms with Gasteiger partial charge in [0.1, 0.15) is 5.54 Å². The van der Waals surface area contributed by atoms with E-state index in [9.17, 15) is 14.7 Å². The van der Waals surface area contributed by atoms with Crippen LogP contribution in [0.3, 0.4) is 0 Å². The number of carbonyl (C=O) groups is 2. The van der Waals surface area contributed by atoms with E-state index in [4.69, 9.17) is 4.74 Å². The molecule has 138 valence electrons. The van der Waals surface area contributed by atoms with Crippen molar-refractivity contribution in [3.8, 4) is 0 Å². The average Bonchev–Trinajstić information content (AvgIpc) is 2.53. The molecule has 2 atom stereocenters. The predicted molar refractivity (Wildman–Crippen MR) is 99.1 cm³/mol. The third-order valence-corrected chi connectivity index (χ3v) is 5.96. The van der Waals surface area contributed by atoms with Crippen LogP contribution in [0.25, 0.3) is 0 Å². The molecule has 1 saturated carbocycles. The fourth-order valence-electron chi connectivity index (χ4n) is 3.26. The van der Waals surface area contributed by atoms with Crippen LogP contribution >= 0.6 is 11.8 Å². The molecular formula is C19H27NO4S. The van der Waals surface area contributed by atoms with Gasteiger partial charge >= 0.3 is 5.97 Å². The molecule has 0 radical (unpaired) electrons. The fraction of sp³-hybridized carbons (Fsp3) is 0.579. The number of hydrogen-bond donors (Lipinski definition) is 2. The van der Waals surface area contributed by atoms with Crippen LogP contribution < -0.4 is 5.32 Å². The van der Waals surface area contributed by atoms with Gasteiger partial charge in [0.15, 0.2) is 0 Å². The Bertz CT molecular complexity index is 641. The number of hydrogen-bond acceptors (Lipinski definition) is 4. The maximum Gasteiger partial charge on any atom is 0.330 e. The highest BCUT2D eigenvalue weighted by Crippen LogP contribution is 2.51. The summed E-state index contributed by atoms with van der Waals surface area (Å²) in [4.78, 5) is 25.6. The second kappa shape index (κ2) is 7.38. The number of aliphatic carboxylic acids is 1. The molecule has 0 aromatic heterocycles. The molecular weight excluding hydrogens is 338 g/mol. The van der Waals surface area contributed by atoms with Crippen LogP contribution in [0.4, 0.5) is 0 Å². The first kappa shape index (κ1) is 19.8. The van der Waals surface area contributed by atoms with Gasteiger partial charge in [0, 0.05) is 34.2 Å². The molecule has 0 saturated heterocycles. The fourth-order valence-corrected chi connectivity index (χ4v) is 4.10. The summed E-state index contributed by atoms with van der Waals surface area (Å²) in [5.74, 6) is -1.39. The Balaban J connectivity index is 2.15. The lowest BCUT2D eigenvalue weighted by atomic mass is 9.54. The van der Waals surface area contributed by atoms with Crippen molar-refractivity contribution in [2.75, 3.05) is 6.61 Å². The third kappa shape index (κ3) is 3.70. The van der Waals surface area contributed by atoms with Crippen molar-refractivity contribution in [2.45, 2.75) is 62.8 Å². The molecule has 1 aliphatic carbocycles. The smallest absolute Gasteiger partial charge is 0.330 e. The van der Waals surface area contributed by atoms with E-state index in [0.717, 1.165) is 4.90 Å². The van der Waals surface area contributed by atoms with E-state index in [2.05, 4.69) is 19.2 Å². The summed E-state index contributed by atoms with van der Waals surface area (Å²) in [6, 6.07) is 7.26. The minimum absolute atomic E-state index is 0.182. The summed E-state index contributed by atoms with van der Waals surface area (Å²) in [5.41, 5.74) is -1.53. The highest BCUT2D eigenvalue weighted by atomic mass is 32.2. The van der Waals surface area contributed by atoms with Crippen molar-refractivity contribution in [3.63, 3.8) is 0 Å². The standard InChI is InChI=1S/C19H27NO4S/c1-6-24-15-11-19(17(22)23,18(15,4)5)20-16(21)13-7-9-14(10-8-13)25-12(2)3/h7-10,12,15H,6,11H2,1-5H3,(H,20,21)(H,22,23). The Kier molecular flexibility index (Phi) is 5.84. The molecule has 0 aliphatic heterocycles. The zero-order valence-electron chi connectivity index (χ0n) is 15.5. The lowest BCUT2D eigenvalue weighted by Crippen LogP contribution is -2.76. The van der Waals surface area contributed by atoms with Crippen LogP contribution in [0.1, 0.15) is 51.4 Å². The van der Waals surface area contributed by atoms with E-state index < -0.39 is 16.9 Å². The molecule has 0 bridgehead atoms. The molecule has 1 amide bonds. The van der Waals surface area contributed by atoms with Crippen LogP contribution in [0.2, 0.25) is 0 Å². The predicted octanol–water partition coefficient (Wildman–Crippen LogP) is 3.58. The molecule has 1 aliphatic rings. The summed E-state index contributed by atoms with van der Waals surface area (Å²) in [7, 11) is 0. The van der Waals surface area contributed by atoms with Gasteiger partial charge in [-0.3, -0.25) is 4.79 Å². The van der Waals surface area contributed by atoms with E-state index in [0.29, 0.717) is 17.4 Å². The molecule has 6 heteroatoms. The van der Waals surface area contributed by atoms with Crippen LogP contribution in [0.15, 0.2) is 29.2 Å². The molecule has 1 fully saturated rings. The van der Waals surface area contributed by atoms with Crippen LogP contribution in [0, 0.1) is 5.41 Å². The van der Waals surface area contributed by atoms with Gasteiger partial charge < -0.3 is 15.2 Å². The van der Waals surface area contributed by atoms with Crippen LogP contribution in [0.5, 0.6) is 0 Å². The number of carboxylic acid groups (broad SMARTS) is 1. The van der Waals surface area contributed by atoms with Crippen molar-refractivity contribution in [3.05, 3.63) is 29.8 Å². The molecule has 2 rings (SSSR count). The second-order valence-electron chi connectivity index (χ2n) is 7.23. The van der Waals surface area contributed by atoms with Gasteiger partial charge in [0.2, 0.25) is 0 Å². The third-order valence-electron chi connectivity index (χ3n) is 4.94. The second-order valence-corrected chi connectivity index (χ2v) is 8.88. The SMILES string of the molecule is CCOC1CC(NC(=O)c2ccc(SC(C)C)cc2)(C(=O)O)C1(C)C. The number of rotatable bonds is 7. The summed E-state index contributed by atoms with van der Waals surface area (Å²) < 4.78 is 5.62. The van der Waals surface area contributed by atoms with Gasteiger partial charge in [0.05, 0.1) is 6.10 Å². The van der Waals surface area contributed by atoms with Gasteiger partial charge in [-0.1, -0.05) is 27.7 Å². The highest BCUT2D eigenvalue weighted by molar-refractivity contribution is 7.99. The average molecular weight is 365 g/mol. The molecule has 1 aromatic carbocycles. The van der Waals surface area contributed by atoms with E-state index in [1.165, 1.54) is 0 Å². The summed E-state index contributed by atoms with van der Waals surface area (Å²) in [6.45, 7) is 10.3. The van der Waals surface area contributed by atoms with Crippen LogP contribution in [-0.4, -0.2) is 40.5 Å². The largest absolute Gasteiger partial charge is 0.479 e. The topological polar surface area (TPSA) is 75.6 Å². The minimum atomic E-state index is -1.31. The van der Waals surface area contributed by atoms with E-state index in [1.807, 2.05) is 32.9 Å². The summed E-state index contributed by atoms with van der Waals surface area (Å²) in [5, 5.41) is 13.0. The van der Waals surface area contributed by atoms with E-state index in [1.54, 1.807) is 23.9 Å². The first-order valence-electron chi connectivity index (χ1n) is 8.58. The lowest BCUT2D eigenvalue weighted by Gasteiger charge is -2.58. The number of carbonyl (C=O) groups excluding carboxylic acids is 1. The van der Waals surface area contributed by atoms with Crippen LogP contribution in [-0.2, 0) is 9.53 Å². The highest BCUT2D eigenvalue weighted by Gasteiger charge is 2.66. The number of thioether (sulfide) groups is 1. The Labute approximate surface area is 153 Å². The maximum atomic E-state index is 12.6. The number of amides is 1. The lowest BCUT2D eigenvalue weighted by molar-refractivity contribution is -0.190. The van der Waals surface area contributed by atoms with Gasteiger partial charge in [0.25, 0.3) is 5.91 Å². The molecule has 0 spiro atoms. The number of ether oxygens (including phenoxy) is 1. The molecule has 2 unspecified atom stereocenters. The quantitative estimate of drug-likeness (QED) is 0.723. The van der Waals surface area contributed by atoms with E-state index >= 15 is 0 Å². The van der Waals surface area contributed by atoms with Crippen molar-refractivity contribution < 1.29 is 19.4 Å². The first-order valence-corrected chi connectivity index (χ1v) is 9.46. The number of nitrogens with one attached hydrogen (secondary N) is 1. The Morgan fingerprint density at radius 3 is 2.36 bits per heavy atom. The zero-order valence-corrected chi connectivity index (χ0v) is 16.3. The first-order chi connectivity index (χ1) is 11.6. The van der Waals surface area contributed by atoms with Crippen molar-refractivity contribution in [1.29, 1.82) is 0 Å². The van der Waals surface area contributed by atoms with Gasteiger partial charge in [-0.15, -0.1) is 11.8 Å². The molecule has 25 heavy (non-hydrogen) atoms. The van der Waals surface area contributed by atoms with Crippen molar-refractivity contribution in [2.24, 2.45) is 5.41 Å². The number of carboxylic acids is 1. The molecule has 0 heterocycles. The van der Waals surface area contributed by atoms with Crippen molar-refractivity contribution in [1.82, 2.24) is 5.32 Å². The molecule has 1 aromatic rings. The van der Waals surface area contributed by atoms with Gasteiger partial charge in [-0.05, 0) is 31.2 Å². The van der Waals surface area contributed by atoms with Gasteiger partial charge in [-0.2, -0.15) is 0 Å². The van der Waals surface area contributed by atoms with Crippen molar-refractivity contribution >= 4 is 23.6 Å². The Morgan fingerprint density at radius 2 is 1.92 bits per heavy atom. The molecule has 5 nitrogen and oxygen atoms in total. The normalized spacial score (nSPS) is 24.6. The van der Waals surface area contributed by atoms with Gasteiger partial charge in [-0.25, -0.2) is 4.79 Å². The summed E-state index contributed by atoms with van der Waals surface area (Å²) in [6.07, 6.45) is 0.0923. The number of benzene rings is 1. The van der Waals surface area contributed by atoms with E-state index in [-0.39, 0.29) is 18.4 Å². The Morgan fingerprint density at radius 1 is 1.32 bits per heavy atom. The molecule has 2 N–H and O–H groups in total. The minimum Gasteiger partial charge on any atom is -0.479 e. The Hall–Kier alpha value is -1.53.